The second-order valence-electron chi connectivity index (χ2n) is 4.82. The minimum atomic E-state index is 0.142. The first-order chi connectivity index (χ1) is 9.72. The molecule has 1 aliphatic heterocycles. The van der Waals surface area contributed by atoms with Crippen LogP contribution in [0.1, 0.15) is 12.6 Å². The Morgan fingerprint density at radius 1 is 1.60 bits per heavy atom. The smallest absolute Gasteiger partial charge is 0.236 e. The minimum absolute atomic E-state index is 0.142. The van der Waals surface area contributed by atoms with Crippen LogP contribution < -0.4 is 0 Å². The molecule has 0 saturated carbocycles. The monoisotopic (exact) mass is 308 g/mol. The average Bonchev–Trinajstić information content (AvgIpc) is 3.08. The highest BCUT2D eigenvalue weighted by Crippen LogP contribution is 2.24. The first kappa shape index (κ1) is 13.7. The van der Waals surface area contributed by atoms with Gasteiger partial charge >= 0.3 is 0 Å². The van der Waals surface area contributed by atoms with Gasteiger partial charge in [-0.15, -0.1) is 11.3 Å². The number of rotatable bonds is 3. The molecule has 6 heteroatoms. The van der Waals surface area contributed by atoms with E-state index in [-0.39, 0.29) is 5.91 Å². The van der Waals surface area contributed by atoms with Crippen LogP contribution in [0, 0.1) is 0 Å². The normalized spacial score (nSPS) is 19.2. The van der Waals surface area contributed by atoms with E-state index in [2.05, 4.69) is 11.9 Å². The first-order valence-corrected chi connectivity index (χ1v) is 8.53. The van der Waals surface area contributed by atoms with E-state index in [1.54, 1.807) is 17.6 Å². The number of thiophene rings is 1. The molecule has 2 aromatic heterocycles. The maximum absolute atomic E-state index is 12.2. The number of amides is 1. The van der Waals surface area contributed by atoms with Crippen LogP contribution in [0.5, 0.6) is 0 Å². The Morgan fingerprint density at radius 3 is 3.25 bits per heavy atom. The molecular formula is C14H16N2O2S2. The number of carbonyl (C=O) groups is 1. The summed E-state index contributed by atoms with van der Waals surface area (Å²) in [5, 5.41) is 2.50. The van der Waals surface area contributed by atoms with Crippen LogP contribution in [0.25, 0.3) is 10.8 Å². The Bertz CT molecular complexity index is 580. The van der Waals surface area contributed by atoms with Gasteiger partial charge in [0.15, 0.2) is 0 Å². The molecule has 3 rings (SSSR count). The molecule has 4 nitrogen and oxygen atoms in total. The van der Waals surface area contributed by atoms with Crippen LogP contribution >= 0.6 is 23.1 Å². The molecule has 1 aliphatic rings. The van der Waals surface area contributed by atoms with Gasteiger partial charge in [-0.25, -0.2) is 4.98 Å². The number of hydrogen-bond acceptors (Lipinski definition) is 5. The third-order valence-corrected chi connectivity index (χ3v) is 5.20. The van der Waals surface area contributed by atoms with E-state index in [1.165, 1.54) is 0 Å². The van der Waals surface area contributed by atoms with Crippen molar-refractivity contribution in [1.29, 1.82) is 0 Å². The molecule has 0 radical (unpaired) electrons. The van der Waals surface area contributed by atoms with Gasteiger partial charge in [-0.2, -0.15) is 11.8 Å². The van der Waals surface area contributed by atoms with E-state index in [0.29, 0.717) is 23.3 Å². The SMILES string of the molecule is C[C@@H]1CN(C(=O)Cc2coc(-c3cccs3)n2)CCS1. The molecular weight excluding hydrogens is 292 g/mol. The van der Waals surface area contributed by atoms with Crippen molar-refractivity contribution in [3.63, 3.8) is 0 Å². The molecule has 20 heavy (non-hydrogen) atoms. The molecule has 0 aliphatic carbocycles. The molecule has 0 aromatic carbocycles. The summed E-state index contributed by atoms with van der Waals surface area (Å²) < 4.78 is 5.44. The highest BCUT2D eigenvalue weighted by atomic mass is 32.2. The van der Waals surface area contributed by atoms with E-state index in [0.717, 1.165) is 23.7 Å². The Morgan fingerprint density at radius 2 is 2.50 bits per heavy atom. The standard InChI is InChI=1S/C14H16N2O2S2/c1-10-8-16(4-6-19-10)13(17)7-11-9-18-14(15-11)12-3-2-5-20-12/h2-3,5,9-10H,4,6-8H2,1H3/t10-/m1/s1. The quantitative estimate of drug-likeness (QED) is 0.874. The van der Waals surface area contributed by atoms with Crippen LogP contribution in [-0.2, 0) is 11.2 Å². The molecule has 3 heterocycles. The fourth-order valence-electron chi connectivity index (χ4n) is 2.21. The molecule has 1 atom stereocenters. The van der Waals surface area contributed by atoms with Crippen LogP contribution in [0.2, 0.25) is 0 Å². The summed E-state index contributed by atoms with van der Waals surface area (Å²) in [5.74, 6) is 1.76. The molecule has 0 spiro atoms. The van der Waals surface area contributed by atoms with Crippen LogP contribution in [0.3, 0.4) is 0 Å². The van der Waals surface area contributed by atoms with E-state index in [4.69, 9.17) is 4.42 Å². The van der Waals surface area contributed by atoms with Gasteiger partial charge in [0, 0.05) is 24.1 Å². The lowest BCUT2D eigenvalue weighted by Gasteiger charge is -2.30. The summed E-state index contributed by atoms with van der Waals surface area (Å²) >= 11 is 3.50. The Balaban J connectivity index is 1.64. The predicted molar refractivity (Wildman–Crippen MR) is 82.0 cm³/mol. The molecule has 1 saturated heterocycles. The summed E-state index contributed by atoms with van der Waals surface area (Å²) in [6, 6.07) is 3.92. The Hall–Kier alpha value is -1.27. The van der Waals surface area contributed by atoms with Gasteiger partial charge in [0.05, 0.1) is 17.0 Å². The zero-order valence-corrected chi connectivity index (χ0v) is 12.9. The van der Waals surface area contributed by atoms with E-state index < -0.39 is 0 Å². The highest BCUT2D eigenvalue weighted by molar-refractivity contribution is 7.99. The summed E-state index contributed by atoms with van der Waals surface area (Å²) in [5.41, 5.74) is 0.712. The number of thioether (sulfide) groups is 1. The average molecular weight is 308 g/mol. The fourth-order valence-corrected chi connectivity index (χ4v) is 3.88. The maximum Gasteiger partial charge on any atom is 0.236 e. The van der Waals surface area contributed by atoms with Crippen molar-refractivity contribution in [2.45, 2.75) is 18.6 Å². The van der Waals surface area contributed by atoms with Crippen molar-refractivity contribution < 1.29 is 9.21 Å². The Kier molecular flexibility index (Phi) is 4.12. The third-order valence-electron chi connectivity index (χ3n) is 3.21. The van der Waals surface area contributed by atoms with Crippen molar-refractivity contribution in [3.8, 4) is 10.8 Å². The molecule has 0 N–H and O–H groups in total. The molecule has 0 unspecified atom stereocenters. The molecule has 0 bridgehead atoms. The molecule has 1 amide bonds. The molecule has 106 valence electrons. The summed E-state index contributed by atoms with van der Waals surface area (Å²) in [6.45, 7) is 3.83. The van der Waals surface area contributed by atoms with Gasteiger partial charge in [-0.3, -0.25) is 4.79 Å². The maximum atomic E-state index is 12.2. The van der Waals surface area contributed by atoms with Crippen LogP contribution in [0.4, 0.5) is 0 Å². The Labute approximate surface area is 126 Å². The van der Waals surface area contributed by atoms with E-state index >= 15 is 0 Å². The van der Waals surface area contributed by atoms with Crippen LogP contribution in [0.15, 0.2) is 28.2 Å². The van der Waals surface area contributed by atoms with Crippen molar-refractivity contribution in [1.82, 2.24) is 9.88 Å². The lowest BCUT2D eigenvalue weighted by Crippen LogP contribution is -2.41. The van der Waals surface area contributed by atoms with E-state index in [1.807, 2.05) is 34.2 Å². The third kappa shape index (κ3) is 3.07. The fraction of sp³-hybridized carbons (Fsp3) is 0.429. The second-order valence-corrected chi connectivity index (χ2v) is 7.31. The molecule has 2 aromatic rings. The molecule has 1 fully saturated rings. The number of nitrogens with zero attached hydrogens (tertiary/aromatic N) is 2. The van der Waals surface area contributed by atoms with Crippen molar-refractivity contribution >= 4 is 29.0 Å². The van der Waals surface area contributed by atoms with Crippen LogP contribution in [-0.4, -0.2) is 39.9 Å². The second kappa shape index (κ2) is 6.01. The number of oxazole rings is 1. The first-order valence-electron chi connectivity index (χ1n) is 6.60. The van der Waals surface area contributed by atoms with Gasteiger partial charge in [-0.1, -0.05) is 13.0 Å². The summed E-state index contributed by atoms with van der Waals surface area (Å²) in [7, 11) is 0. The van der Waals surface area contributed by atoms with E-state index in [9.17, 15) is 4.79 Å². The lowest BCUT2D eigenvalue weighted by molar-refractivity contribution is -0.130. The van der Waals surface area contributed by atoms with Gasteiger partial charge in [-0.05, 0) is 11.4 Å². The van der Waals surface area contributed by atoms with Gasteiger partial charge < -0.3 is 9.32 Å². The topological polar surface area (TPSA) is 46.3 Å². The summed E-state index contributed by atoms with van der Waals surface area (Å²) in [4.78, 5) is 19.6. The van der Waals surface area contributed by atoms with Gasteiger partial charge in [0.25, 0.3) is 0 Å². The van der Waals surface area contributed by atoms with Crippen molar-refractivity contribution in [3.05, 3.63) is 29.5 Å². The summed E-state index contributed by atoms with van der Waals surface area (Å²) in [6.07, 6.45) is 1.92. The number of carbonyl (C=O) groups excluding carboxylic acids is 1. The van der Waals surface area contributed by atoms with Gasteiger partial charge in [0.1, 0.15) is 6.26 Å². The lowest BCUT2D eigenvalue weighted by atomic mass is 10.2. The number of aromatic nitrogens is 1. The number of hydrogen-bond donors (Lipinski definition) is 0. The largest absolute Gasteiger partial charge is 0.444 e. The van der Waals surface area contributed by atoms with Gasteiger partial charge in [0.2, 0.25) is 11.8 Å². The zero-order chi connectivity index (χ0) is 13.9. The minimum Gasteiger partial charge on any atom is -0.444 e. The predicted octanol–water partition coefficient (Wildman–Crippen LogP) is 2.91. The zero-order valence-electron chi connectivity index (χ0n) is 11.2. The van der Waals surface area contributed by atoms with Crippen molar-refractivity contribution in [2.24, 2.45) is 0 Å². The van der Waals surface area contributed by atoms with Crippen molar-refractivity contribution in [2.75, 3.05) is 18.8 Å². The highest BCUT2D eigenvalue weighted by Gasteiger charge is 2.22.